The van der Waals surface area contributed by atoms with E-state index in [4.69, 9.17) is 0 Å². The quantitative estimate of drug-likeness (QED) is 0.676. The molecule has 2 atom stereocenters. The summed E-state index contributed by atoms with van der Waals surface area (Å²) < 4.78 is 4.04. The van der Waals surface area contributed by atoms with E-state index in [1.165, 1.54) is 6.42 Å². The predicted octanol–water partition coefficient (Wildman–Crippen LogP) is 3.20. The molecule has 0 radical (unpaired) electrons. The van der Waals surface area contributed by atoms with Crippen molar-refractivity contribution < 1.29 is 4.79 Å². The van der Waals surface area contributed by atoms with Crippen molar-refractivity contribution in [1.82, 2.24) is 24.1 Å². The summed E-state index contributed by atoms with van der Waals surface area (Å²) >= 11 is 1.56. The van der Waals surface area contributed by atoms with Crippen molar-refractivity contribution in [2.75, 3.05) is 6.26 Å². The molecule has 3 aromatic rings. The van der Waals surface area contributed by atoms with Crippen molar-refractivity contribution in [3.63, 3.8) is 0 Å². The van der Waals surface area contributed by atoms with E-state index in [2.05, 4.69) is 35.0 Å². The first-order valence-electron chi connectivity index (χ1n) is 8.79. The molecule has 1 saturated heterocycles. The van der Waals surface area contributed by atoms with Crippen LogP contribution in [0.3, 0.4) is 0 Å². The zero-order chi connectivity index (χ0) is 17.6. The Hall–Kier alpha value is -2.02. The van der Waals surface area contributed by atoms with Crippen molar-refractivity contribution in [2.45, 2.75) is 56.9 Å². The second kappa shape index (κ2) is 6.37. The molecule has 0 N–H and O–H groups in total. The van der Waals surface area contributed by atoms with Crippen LogP contribution >= 0.6 is 11.8 Å². The molecule has 0 bridgehead atoms. The van der Waals surface area contributed by atoms with Crippen molar-refractivity contribution in [2.24, 2.45) is 0 Å². The zero-order valence-electron chi connectivity index (χ0n) is 14.8. The van der Waals surface area contributed by atoms with Crippen molar-refractivity contribution in [3.05, 3.63) is 24.3 Å². The molecule has 1 aliphatic rings. The van der Waals surface area contributed by atoms with Crippen LogP contribution in [0.5, 0.6) is 0 Å². The molecule has 0 unspecified atom stereocenters. The smallest absolute Gasteiger partial charge is 0.243 e. The number of benzene rings is 1. The lowest BCUT2D eigenvalue weighted by molar-refractivity contribution is -0.137. The molecule has 2 aromatic heterocycles. The highest BCUT2D eigenvalue weighted by Crippen LogP contribution is 2.27. The number of piperidine rings is 1. The maximum absolute atomic E-state index is 13.1. The molecule has 1 amide bonds. The van der Waals surface area contributed by atoms with Gasteiger partial charge in [-0.2, -0.15) is 0 Å². The van der Waals surface area contributed by atoms with Crippen LogP contribution in [0.15, 0.2) is 29.4 Å². The first-order chi connectivity index (χ1) is 12.1. The van der Waals surface area contributed by atoms with E-state index in [0.717, 1.165) is 34.8 Å². The largest absolute Gasteiger partial charge is 0.336 e. The minimum atomic E-state index is 0.164. The average molecular weight is 357 g/mol. The number of para-hydroxylation sites is 2. The number of carbonyl (C=O) groups is 1. The monoisotopic (exact) mass is 357 g/mol. The van der Waals surface area contributed by atoms with Gasteiger partial charge in [0.15, 0.2) is 5.16 Å². The second-order valence-electron chi connectivity index (χ2n) is 6.83. The first-order valence-corrected chi connectivity index (χ1v) is 10.0. The second-order valence-corrected chi connectivity index (χ2v) is 7.60. The lowest BCUT2D eigenvalue weighted by atomic mass is 9.97. The summed E-state index contributed by atoms with van der Waals surface area (Å²) in [4.78, 5) is 15.1. The molecule has 3 heterocycles. The number of fused-ring (bicyclic) bond motifs is 3. The normalized spacial score (nSPS) is 21.3. The number of rotatable bonds is 3. The maximum Gasteiger partial charge on any atom is 0.243 e. The summed E-state index contributed by atoms with van der Waals surface area (Å²) in [6, 6.07) is 8.71. The number of nitrogens with zero attached hydrogens (tertiary/aromatic N) is 5. The van der Waals surface area contributed by atoms with Gasteiger partial charge in [-0.15, -0.1) is 10.2 Å². The van der Waals surface area contributed by atoms with Gasteiger partial charge >= 0.3 is 0 Å². The Bertz CT molecular complexity index is 920. The van der Waals surface area contributed by atoms with Crippen LogP contribution < -0.4 is 0 Å². The van der Waals surface area contributed by atoms with Crippen LogP contribution in [0.2, 0.25) is 0 Å². The highest BCUT2D eigenvalue weighted by Gasteiger charge is 2.30. The molecule has 25 heavy (non-hydrogen) atoms. The number of aromatic nitrogens is 4. The van der Waals surface area contributed by atoms with Gasteiger partial charge in [0.1, 0.15) is 6.54 Å². The third kappa shape index (κ3) is 2.61. The fourth-order valence-electron chi connectivity index (χ4n) is 4.05. The Balaban J connectivity index is 1.78. The van der Waals surface area contributed by atoms with E-state index in [-0.39, 0.29) is 5.91 Å². The van der Waals surface area contributed by atoms with Gasteiger partial charge < -0.3 is 4.90 Å². The van der Waals surface area contributed by atoms with Crippen molar-refractivity contribution in [3.8, 4) is 0 Å². The number of amides is 1. The van der Waals surface area contributed by atoms with Gasteiger partial charge in [0.2, 0.25) is 11.7 Å². The van der Waals surface area contributed by atoms with Crippen molar-refractivity contribution >= 4 is 34.5 Å². The van der Waals surface area contributed by atoms with E-state index < -0.39 is 0 Å². The lowest BCUT2D eigenvalue weighted by Gasteiger charge is -2.39. The first kappa shape index (κ1) is 16.4. The average Bonchev–Trinajstić information content (AvgIpc) is 3.14. The van der Waals surface area contributed by atoms with Gasteiger partial charge in [-0.1, -0.05) is 23.9 Å². The summed E-state index contributed by atoms with van der Waals surface area (Å²) in [6.45, 7) is 4.61. The van der Waals surface area contributed by atoms with Crippen LogP contribution in [-0.4, -0.2) is 48.3 Å². The molecule has 0 spiro atoms. The van der Waals surface area contributed by atoms with E-state index >= 15 is 0 Å². The van der Waals surface area contributed by atoms with Crippen molar-refractivity contribution in [1.29, 1.82) is 0 Å². The molecular formula is C18H23N5OS. The molecule has 0 aliphatic carbocycles. The van der Waals surface area contributed by atoms with Gasteiger partial charge in [0.05, 0.1) is 11.0 Å². The Morgan fingerprint density at radius 1 is 1.16 bits per heavy atom. The van der Waals surface area contributed by atoms with Crippen LogP contribution in [0.1, 0.15) is 33.1 Å². The standard InChI is InChI=1S/C18H23N5OS/c1-12-7-6-8-13(2)22(12)16(24)11-21-14-9-4-5-10-15(14)23-17(21)19-20-18(23)25-3/h4-5,9-10,12-13H,6-8,11H2,1-3H3/t12-,13-/m0/s1. The highest BCUT2D eigenvalue weighted by atomic mass is 32.2. The summed E-state index contributed by atoms with van der Waals surface area (Å²) in [5.41, 5.74) is 2.06. The molecule has 4 rings (SSSR count). The van der Waals surface area contributed by atoms with Gasteiger partial charge in [0.25, 0.3) is 0 Å². The van der Waals surface area contributed by atoms with Gasteiger partial charge in [0, 0.05) is 12.1 Å². The van der Waals surface area contributed by atoms with Crippen LogP contribution in [0.4, 0.5) is 0 Å². The Morgan fingerprint density at radius 2 is 1.84 bits per heavy atom. The number of hydrogen-bond acceptors (Lipinski definition) is 4. The highest BCUT2D eigenvalue weighted by molar-refractivity contribution is 7.98. The van der Waals surface area contributed by atoms with Gasteiger partial charge in [-0.3, -0.25) is 13.8 Å². The molecule has 7 heteroatoms. The minimum Gasteiger partial charge on any atom is -0.336 e. The Kier molecular flexibility index (Phi) is 4.19. The molecule has 1 fully saturated rings. The fraction of sp³-hybridized carbons (Fsp3) is 0.500. The molecule has 132 valence electrons. The Morgan fingerprint density at radius 3 is 2.52 bits per heavy atom. The molecule has 0 saturated carbocycles. The zero-order valence-corrected chi connectivity index (χ0v) is 15.7. The summed E-state index contributed by atoms with van der Waals surface area (Å²) in [5, 5.41) is 9.46. The Labute approximate surface area is 151 Å². The predicted molar refractivity (Wildman–Crippen MR) is 99.9 cm³/mol. The number of carbonyl (C=O) groups excluding carboxylic acids is 1. The number of imidazole rings is 1. The summed E-state index contributed by atoms with van der Waals surface area (Å²) in [7, 11) is 0. The molecular weight excluding hydrogens is 334 g/mol. The van der Waals surface area contributed by atoms with E-state index in [1.807, 2.05) is 33.4 Å². The summed E-state index contributed by atoms with van der Waals surface area (Å²) in [6.07, 6.45) is 5.35. The van der Waals surface area contributed by atoms with Gasteiger partial charge in [-0.25, -0.2) is 0 Å². The SMILES string of the molecule is CSc1nnc2n(CC(=O)N3[C@@H](C)CCC[C@@H]3C)c3ccccc3n12. The van der Waals surface area contributed by atoms with E-state index in [0.29, 0.717) is 18.6 Å². The lowest BCUT2D eigenvalue weighted by Crippen LogP contribution is -2.48. The van der Waals surface area contributed by atoms with Crippen LogP contribution in [0.25, 0.3) is 16.8 Å². The molecule has 6 nitrogen and oxygen atoms in total. The minimum absolute atomic E-state index is 0.164. The third-order valence-electron chi connectivity index (χ3n) is 5.23. The summed E-state index contributed by atoms with van der Waals surface area (Å²) in [5.74, 6) is 0.896. The van der Waals surface area contributed by atoms with Gasteiger partial charge in [-0.05, 0) is 51.5 Å². The van der Waals surface area contributed by atoms with E-state index in [1.54, 1.807) is 11.8 Å². The number of hydrogen-bond donors (Lipinski definition) is 0. The number of thioether (sulfide) groups is 1. The fourth-order valence-corrected chi connectivity index (χ4v) is 4.54. The topological polar surface area (TPSA) is 55.4 Å². The molecule has 1 aromatic carbocycles. The van der Waals surface area contributed by atoms with Crippen LogP contribution in [-0.2, 0) is 11.3 Å². The maximum atomic E-state index is 13.1. The number of likely N-dealkylation sites (tertiary alicyclic amines) is 1. The van der Waals surface area contributed by atoms with Crippen LogP contribution in [0, 0.1) is 0 Å². The third-order valence-corrected chi connectivity index (χ3v) is 5.86. The molecule has 1 aliphatic heterocycles. The van der Waals surface area contributed by atoms with E-state index in [9.17, 15) is 4.79 Å².